The number of ether oxygens (including phenoxy) is 1. The van der Waals surface area contributed by atoms with Crippen molar-refractivity contribution < 1.29 is 14.6 Å². The van der Waals surface area contributed by atoms with Crippen molar-refractivity contribution in [3.63, 3.8) is 0 Å². The quantitative estimate of drug-likeness (QED) is 0.828. The first-order valence-corrected chi connectivity index (χ1v) is 8.42. The van der Waals surface area contributed by atoms with Crippen LogP contribution in [0.25, 0.3) is 0 Å². The number of benzene rings is 1. The number of nitrogens with zero attached hydrogens (tertiary/aromatic N) is 1. The lowest BCUT2D eigenvalue weighted by molar-refractivity contribution is -0.171. The Labute approximate surface area is 149 Å². The Balaban J connectivity index is 0.00000208. The Morgan fingerprint density at radius 1 is 1.29 bits per heavy atom. The van der Waals surface area contributed by atoms with Gasteiger partial charge in [-0.05, 0) is 30.2 Å². The van der Waals surface area contributed by atoms with Gasteiger partial charge in [-0.2, -0.15) is 0 Å². The summed E-state index contributed by atoms with van der Waals surface area (Å²) in [6, 6.07) is 9.06. The van der Waals surface area contributed by atoms with Crippen LogP contribution in [0.3, 0.4) is 0 Å². The SMILES string of the molecule is CC(C)C(O)(C(=O)OCC1=CC2CCN1CC2)c1ccccc1.Cl. The molecule has 132 valence electrons. The lowest BCUT2D eigenvalue weighted by atomic mass is 9.83. The normalized spacial score (nSPS) is 19.5. The van der Waals surface area contributed by atoms with Crippen molar-refractivity contribution >= 4 is 18.4 Å². The monoisotopic (exact) mass is 351 g/mol. The Morgan fingerprint density at radius 2 is 1.92 bits per heavy atom. The van der Waals surface area contributed by atoms with Gasteiger partial charge in [-0.1, -0.05) is 50.3 Å². The molecule has 0 radical (unpaired) electrons. The van der Waals surface area contributed by atoms with E-state index in [-0.39, 0.29) is 24.9 Å². The van der Waals surface area contributed by atoms with Crippen molar-refractivity contribution in [3.05, 3.63) is 47.7 Å². The van der Waals surface area contributed by atoms with Gasteiger partial charge in [-0.15, -0.1) is 12.4 Å². The molecule has 0 aromatic heterocycles. The highest BCUT2D eigenvalue weighted by molar-refractivity contribution is 5.85. The van der Waals surface area contributed by atoms with Crippen LogP contribution >= 0.6 is 12.4 Å². The summed E-state index contributed by atoms with van der Waals surface area (Å²) >= 11 is 0. The third kappa shape index (κ3) is 3.45. The van der Waals surface area contributed by atoms with Gasteiger partial charge in [0.15, 0.2) is 5.60 Å². The largest absolute Gasteiger partial charge is 0.457 e. The van der Waals surface area contributed by atoms with Crippen molar-refractivity contribution in [3.8, 4) is 0 Å². The molecule has 4 nitrogen and oxygen atoms in total. The number of halogens is 1. The van der Waals surface area contributed by atoms with E-state index < -0.39 is 11.6 Å². The highest BCUT2D eigenvalue weighted by Gasteiger charge is 2.43. The maximum atomic E-state index is 12.6. The summed E-state index contributed by atoms with van der Waals surface area (Å²) < 4.78 is 5.52. The first-order valence-electron chi connectivity index (χ1n) is 8.42. The van der Waals surface area contributed by atoms with E-state index in [1.54, 1.807) is 12.1 Å². The maximum Gasteiger partial charge on any atom is 0.343 e. The minimum Gasteiger partial charge on any atom is -0.457 e. The number of rotatable bonds is 5. The van der Waals surface area contributed by atoms with Crippen molar-refractivity contribution in [2.24, 2.45) is 11.8 Å². The van der Waals surface area contributed by atoms with Crippen LogP contribution in [-0.2, 0) is 15.1 Å². The zero-order valence-electron chi connectivity index (χ0n) is 14.3. The Bertz CT molecular complexity index is 594. The Kier molecular flexibility index (Phi) is 5.94. The van der Waals surface area contributed by atoms with E-state index in [4.69, 9.17) is 4.74 Å². The van der Waals surface area contributed by atoms with E-state index in [9.17, 15) is 9.90 Å². The van der Waals surface area contributed by atoms with Crippen molar-refractivity contribution in [2.75, 3.05) is 19.7 Å². The molecule has 2 bridgehead atoms. The predicted molar refractivity (Wildman–Crippen MR) is 95.8 cm³/mol. The van der Waals surface area contributed by atoms with E-state index in [0.29, 0.717) is 11.5 Å². The molecule has 0 saturated carbocycles. The highest BCUT2D eigenvalue weighted by Crippen LogP contribution is 2.33. The first kappa shape index (κ1) is 18.8. The fourth-order valence-corrected chi connectivity index (χ4v) is 3.50. The summed E-state index contributed by atoms with van der Waals surface area (Å²) in [6.07, 6.45) is 4.60. The molecular formula is C19H26ClNO3. The van der Waals surface area contributed by atoms with Crippen LogP contribution in [0, 0.1) is 11.8 Å². The van der Waals surface area contributed by atoms with E-state index in [0.717, 1.165) is 18.8 Å². The number of carbonyl (C=O) groups is 1. The molecular weight excluding hydrogens is 326 g/mol. The molecule has 1 unspecified atom stereocenters. The summed E-state index contributed by atoms with van der Waals surface area (Å²) in [4.78, 5) is 14.9. The molecule has 4 rings (SSSR count). The number of carbonyl (C=O) groups excluding carboxylic acids is 1. The third-order valence-corrected chi connectivity index (χ3v) is 5.09. The summed E-state index contributed by atoms with van der Waals surface area (Å²) in [6.45, 7) is 6.00. The van der Waals surface area contributed by atoms with Crippen molar-refractivity contribution in [1.29, 1.82) is 0 Å². The Morgan fingerprint density at radius 3 is 2.42 bits per heavy atom. The fraction of sp³-hybridized carbons (Fsp3) is 0.526. The summed E-state index contributed by atoms with van der Waals surface area (Å²) in [7, 11) is 0. The number of fused-ring (bicyclic) bond motifs is 2. The van der Waals surface area contributed by atoms with Gasteiger partial charge < -0.3 is 14.7 Å². The average Bonchev–Trinajstić information content (AvgIpc) is 2.60. The molecule has 24 heavy (non-hydrogen) atoms. The van der Waals surface area contributed by atoms with Gasteiger partial charge in [0.1, 0.15) is 6.61 Å². The smallest absolute Gasteiger partial charge is 0.343 e. The van der Waals surface area contributed by atoms with Crippen LogP contribution in [0.2, 0.25) is 0 Å². The molecule has 3 aliphatic heterocycles. The van der Waals surface area contributed by atoms with Gasteiger partial charge in [0.05, 0.1) is 0 Å². The van der Waals surface area contributed by atoms with E-state index in [1.165, 1.54) is 12.8 Å². The van der Waals surface area contributed by atoms with Crippen molar-refractivity contribution in [1.82, 2.24) is 4.90 Å². The Hall–Kier alpha value is -1.52. The first-order chi connectivity index (χ1) is 11.0. The van der Waals surface area contributed by atoms with Gasteiger partial charge in [0.2, 0.25) is 0 Å². The van der Waals surface area contributed by atoms with Crippen LogP contribution in [0.5, 0.6) is 0 Å². The second-order valence-corrected chi connectivity index (χ2v) is 6.85. The van der Waals surface area contributed by atoms with Crippen LogP contribution in [0.4, 0.5) is 0 Å². The highest BCUT2D eigenvalue weighted by atomic mass is 35.5. The number of aliphatic hydroxyl groups is 1. The predicted octanol–water partition coefficient (Wildman–Crippen LogP) is 3.10. The molecule has 3 aliphatic rings. The molecule has 0 aliphatic carbocycles. The number of hydrogen-bond acceptors (Lipinski definition) is 4. The molecule has 1 saturated heterocycles. The molecule has 1 atom stereocenters. The summed E-state index contributed by atoms with van der Waals surface area (Å²) in [5.41, 5.74) is 0.0599. The molecule has 1 fully saturated rings. The number of allylic oxidation sites excluding steroid dienone is 1. The third-order valence-electron chi connectivity index (χ3n) is 5.09. The second-order valence-electron chi connectivity index (χ2n) is 6.85. The zero-order chi connectivity index (χ0) is 16.4. The standard InChI is InChI=1S/C19H25NO3.ClH/c1-14(2)19(22,16-6-4-3-5-7-16)18(21)23-13-17-12-15-8-10-20(17)11-9-15;/h3-7,12,14-15,22H,8-11,13H2,1-2H3;1H. The summed E-state index contributed by atoms with van der Waals surface area (Å²) in [5, 5.41) is 11.0. The number of hydrogen-bond donors (Lipinski definition) is 1. The molecule has 0 spiro atoms. The van der Waals surface area contributed by atoms with Gasteiger partial charge in [-0.3, -0.25) is 0 Å². The van der Waals surface area contributed by atoms with E-state index >= 15 is 0 Å². The number of esters is 1. The van der Waals surface area contributed by atoms with Crippen LogP contribution in [0.15, 0.2) is 42.1 Å². The molecule has 0 amide bonds. The van der Waals surface area contributed by atoms with Crippen LogP contribution < -0.4 is 0 Å². The lowest BCUT2D eigenvalue weighted by Gasteiger charge is -2.40. The molecule has 1 aromatic carbocycles. The number of piperidine rings is 1. The zero-order valence-corrected chi connectivity index (χ0v) is 15.1. The fourth-order valence-electron chi connectivity index (χ4n) is 3.50. The van der Waals surface area contributed by atoms with Gasteiger partial charge in [-0.25, -0.2) is 4.79 Å². The van der Waals surface area contributed by atoms with Crippen molar-refractivity contribution in [2.45, 2.75) is 32.3 Å². The van der Waals surface area contributed by atoms with Crippen LogP contribution in [0.1, 0.15) is 32.3 Å². The molecule has 5 heteroatoms. The van der Waals surface area contributed by atoms with Gasteiger partial charge >= 0.3 is 5.97 Å². The molecule has 1 N–H and O–H groups in total. The van der Waals surface area contributed by atoms with E-state index in [2.05, 4.69) is 11.0 Å². The lowest BCUT2D eigenvalue weighted by Crippen LogP contribution is -2.44. The maximum absolute atomic E-state index is 12.6. The molecule has 1 aromatic rings. The van der Waals surface area contributed by atoms with Crippen LogP contribution in [-0.4, -0.2) is 35.7 Å². The minimum atomic E-state index is -1.61. The topological polar surface area (TPSA) is 49.8 Å². The van der Waals surface area contributed by atoms with Gasteiger partial charge in [0, 0.05) is 18.8 Å². The molecule has 3 heterocycles. The van der Waals surface area contributed by atoms with E-state index in [1.807, 2.05) is 32.0 Å². The summed E-state index contributed by atoms with van der Waals surface area (Å²) in [5.74, 6) is -0.219. The van der Waals surface area contributed by atoms with Gasteiger partial charge in [0.25, 0.3) is 0 Å². The average molecular weight is 352 g/mol. The minimum absolute atomic E-state index is 0. The second kappa shape index (κ2) is 7.58.